The molecule has 1 saturated heterocycles. The van der Waals surface area contributed by atoms with Crippen molar-refractivity contribution in [3.63, 3.8) is 0 Å². The molecule has 0 bridgehead atoms. The van der Waals surface area contributed by atoms with Gasteiger partial charge in [-0.1, -0.05) is 31.2 Å². The standard InChI is InChI=1S/C20H24N6O3/c1-13(11-25-16(18(21)27)7-8-22-25)19(28)23-17-15-6-3-2-5-14(15)12-24-9-4-10-26(24)20(17)29/h2-3,5-8,13,17H,4,9-12H2,1H3,(H2,21,27)(H,23,28)/t13-,17+/m1/s1. The number of hydrogen-bond acceptors (Lipinski definition) is 5. The molecule has 0 unspecified atom stereocenters. The van der Waals surface area contributed by atoms with Crippen LogP contribution in [-0.2, 0) is 22.7 Å². The Kier molecular flexibility index (Phi) is 5.06. The number of fused-ring (bicyclic) bond motifs is 2. The predicted molar refractivity (Wildman–Crippen MR) is 104 cm³/mol. The lowest BCUT2D eigenvalue weighted by molar-refractivity contribution is -0.148. The van der Waals surface area contributed by atoms with Gasteiger partial charge >= 0.3 is 0 Å². The molecule has 3 N–H and O–H groups in total. The molecule has 29 heavy (non-hydrogen) atoms. The molecule has 1 aromatic carbocycles. The molecule has 1 fully saturated rings. The fourth-order valence-corrected chi connectivity index (χ4v) is 3.97. The number of hydrazine groups is 1. The molecule has 0 aliphatic carbocycles. The second-order valence-corrected chi connectivity index (χ2v) is 7.51. The molecule has 2 atom stereocenters. The molecular weight excluding hydrogens is 372 g/mol. The number of primary amides is 1. The summed E-state index contributed by atoms with van der Waals surface area (Å²) in [6.45, 7) is 4.06. The smallest absolute Gasteiger partial charge is 0.266 e. The Morgan fingerprint density at radius 1 is 1.28 bits per heavy atom. The number of carbonyl (C=O) groups excluding carboxylic acids is 3. The molecule has 152 valence electrons. The van der Waals surface area contributed by atoms with Crippen LogP contribution in [0.2, 0.25) is 0 Å². The molecule has 3 amide bonds. The van der Waals surface area contributed by atoms with E-state index in [1.807, 2.05) is 29.3 Å². The van der Waals surface area contributed by atoms with Crippen molar-refractivity contribution in [3.05, 3.63) is 53.3 Å². The maximum atomic E-state index is 13.2. The third-order valence-corrected chi connectivity index (χ3v) is 5.50. The lowest BCUT2D eigenvalue weighted by atomic mass is 9.99. The van der Waals surface area contributed by atoms with Crippen LogP contribution in [0.25, 0.3) is 0 Å². The number of amides is 3. The Morgan fingerprint density at radius 2 is 2.07 bits per heavy atom. The maximum absolute atomic E-state index is 13.2. The molecule has 3 heterocycles. The van der Waals surface area contributed by atoms with E-state index in [0.717, 1.165) is 24.1 Å². The van der Waals surface area contributed by atoms with Gasteiger partial charge in [-0.05, 0) is 23.6 Å². The van der Waals surface area contributed by atoms with Gasteiger partial charge in [0.15, 0.2) is 0 Å². The summed E-state index contributed by atoms with van der Waals surface area (Å²) >= 11 is 0. The van der Waals surface area contributed by atoms with Crippen molar-refractivity contribution in [2.24, 2.45) is 11.7 Å². The van der Waals surface area contributed by atoms with Crippen LogP contribution in [0, 0.1) is 5.92 Å². The zero-order valence-corrected chi connectivity index (χ0v) is 16.2. The van der Waals surface area contributed by atoms with Crippen molar-refractivity contribution in [2.75, 3.05) is 13.1 Å². The summed E-state index contributed by atoms with van der Waals surface area (Å²) in [5.41, 5.74) is 7.44. The Bertz CT molecular complexity index is 955. The quantitative estimate of drug-likeness (QED) is 0.761. The zero-order valence-electron chi connectivity index (χ0n) is 16.2. The second-order valence-electron chi connectivity index (χ2n) is 7.51. The van der Waals surface area contributed by atoms with E-state index in [0.29, 0.717) is 13.1 Å². The van der Waals surface area contributed by atoms with Gasteiger partial charge in [-0.25, -0.2) is 5.01 Å². The van der Waals surface area contributed by atoms with Gasteiger partial charge < -0.3 is 11.1 Å². The van der Waals surface area contributed by atoms with E-state index < -0.39 is 17.9 Å². The lowest BCUT2D eigenvalue weighted by Gasteiger charge is -2.28. The first-order valence-electron chi connectivity index (χ1n) is 9.71. The van der Waals surface area contributed by atoms with Crippen LogP contribution in [0.15, 0.2) is 36.5 Å². The van der Waals surface area contributed by atoms with Crippen molar-refractivity contribution in [3.8, 4) is 0 Å². The van der Waals surface area contributed by atoms with Gasteiger partial charge in [0, 0.05) is 25.8 Å². The molecule has 9 heteroatoms. The summed E-state index contributed by atoms with van der Waals surface area (Å²) in [5, 5.41) is 10.8. The van der Waals surface area contributed by atoms with E-state index in [1.165, 1.54) is 16.9 Å². The summed E-state index contributed by atoms with van der Waals surface area (Å²) in [6, 6.07) is 8.49. The SMILES string of the molecule is C[C@H](Cn1nccc1C(N)=O)C(=O)N[C@@H]1C(=O)N2CCCN2Cc2ccccc21. The second kappa shape index (κ2) is 7.67. The van der Waals surface area contributed by atoms with Crippen LogP contribution < -0.4 is 11.1 Å². The number of nitrogens with two attached hydrogens (primary N) is 1. The van der Waals surface area contributed by atoms with Gasteiger partial charge in [-0.2, -0.15) is 5.10 Å². The molecule has 4 rings (SSSR count). The highest BCUT2D eigenvalue weighted by Crippen LogP contribution is 2.29. The number of benzene rings is 1. The molecule has 0 saturated carbocycles. The first-order chi connectivity index (χ1) is 14.0. The van der Waals surface area contributed by atoms with Gasteiger partial charge in [-0.3, -0.25) is 24.1 Å². The molecule has 2 aliphatic heterocycles. The monoisotopic (exact) mass is 396 g/mol. The van der Waals surface area contributed by atoms with Crippen LogP contribution in [0.4, 0.5) is 0 Å². The van der Waals surface area contributed by atoms with Gasteiger partial charge in [0.25, 0.3) is 11.8 Å². The minimum absolute atomic E-state index is 0.120. The van der Waals surface area contributed by atoms with E-state index in [-0.39, 0.29) is 24.1 Å². The average Bonchev–Trinajstić information content (AvgIpc) is 3.33. The highest BCUT2D eigenvalue weighted by molar-refractivity contribution is 5.91. The number of nitrogens with one attached hydrogen (secondary N) is 1. The Labute approximate surface area is 168 Å². The van der Waals surface area contributed by atoms with Crippen LogP contribution in [0.3, 0.4) is 0 Å². The summed E-state index contributed by atoms with van der Waals surface area (Å²) in [7, 11) is 0. The Balaban J connectivity index is 1.55. The molecule has 2 aromatic rings. The summed E-state index contributed by atoms with van der Waals surface area (Å²) in [6.07, 6.45) is 2.39. The summed E-state index contributed by atoms with van der Waals surface area (Å²) in [4.78, 5) is 37.6. The zero-order chi connectivity index (χ0) is 20.5. The van der Waals surface area contributed by atoms with E-state index in [2.05, 4.69) is 10.4 Å². The number of hydrogen-bond donors (Lipinski definition) is 2. The third-order valence-electron chi connectivity index (χ3n) is 5.50. The van der Waals surface area contributed by atoms with E-state index >= 15 is 0 Å². The summed E-state index contributed by atoms with van der Waals surface area (Å²) in [5.74, 6) is -1.51. The molecule has 0 spiro atoms. The number of carbonyl (C=O) groups is 3. The van der Waals surface area contributed by atoms with Crippen molar-refractivity contribution < 1.29 is 14.4 Å². The van der Waals surface area contributed by atoms with Crippen molar-refractivity contribution in [1.29, 1.82) is 0 Å². The molecule has 0 radical (unpaired) electrons. The predicted octanol–water partition coefficient (Wildman–Crippen LogP) is 0.439. The van der Waals surface area contributed by atoms with Crippen LogP contribution in [0.1, 0.15) is 41.0 Å². The number of nitrogens with zero attached hydrogens (tertiary/aromatic N) is 4. The highest BCUT2D eigenvalue weighted by atomic mass is 16.2. The van der Waals surface area contributed by atoms with Gasteiger partial charge in [0.05, 0.1) is 12.5 Å². The summed E-state index contributed by atoms with van der Waals surface area (Å²) < 4.78 is 1.41. The normalized spacial score (nSPS) is 20.0. The van der Waals surface area contributed by atoms with Crippen LogP contribution >= 0.6 is 0 Å². The van der Waals surface area contributed by atoms with E-state index in [1.54, 1.807) is 11.9 Å². The largest absolute Gasteiger partial charge is 0.364 e. The van der Waals surface area contributed by atoms with E-state index in [9.17, 15) is 14.4 Å². The fourth-order valence-electron chi connectivity index (χ4n) is 3.97. The lowest BCUT2D eigenvalue weighted by Crippen LogP contribution is -2.46. The van der Waals surface area contributed by atoms with E-state index in [4.69, 9.17) is 5.73 Å². The van der Waals surface area contributed by atoms with Crippen LogP contribution in [0.5, 0.6) is 0 Å². The maximum Gasteiger partial charge on any atom is 0.266 e. The molecule has 1 aromatic heterocycles. The number of aromatic nitrogens is 2. The fraction of sp³-hybridized carbons (Fsp3) is 0.400. The Morgan fingerprint density at radius 3 is 2.86 bits per heavy atom. The topological polar surface area (TPSA) is 114 Å². The van der Waals surface area contributed by atoms with Gasteiger partial charge in [-0.15, -0.1) is 0 Å². The van der Waals surface area contributed by atoms with Crippen molar-refractivity contribution >= 4 is 17.7 Å². The van der Waals surface area contributed by atoms with Crippen molar-refractivity contribution in [2.45, 2.75) is 32.5 Å². The van der Waals surface area contributed by atoms with Crippen molar-refractivity contribution in [1.82, 2.24) is 25.1 Å². The molecule has 2 aliphatic rings. The molecule has 9 nitrogen and oxygen atoms in total. The highest BCUT2D eigenvalue weighted by Gasteiger charge is 2.38. The Hall–Kier alpha value is -3.20. The third kappa shape index (κ3) is 3.61. The van der Waals surface area contributed by atoms with Gasteiger partial charge in [0.2, 0.25) is 5.91 Å². The minimum atomic E-state index is -0.738. The number of rotatable bonds is 5. The minimum Gasteiger partial charge on any atom is -0.364 e. The first-order valence-corrected chi connectivity index (χ1v) is 9.71. The van der Waals surface area contributed by atoms with Crippen LogP contribution in [-0.4, -0.2) is 50.6 Å². The first kappa shape index (κ1) is 19.1. The van der Waals surface area contributed by atoms with Gasteiger partial charge in [0.1, 0.15) is 11.7 Å². The average molecular weight is 396 g/mol. The molecular formula is C20H24N6O3.